The number of carboxylic acid groups (broad SMARTS) is 1. The van der Waals surface area contributed by atoms with Crippen LogP contribution in [0.5, 0.6) is 0 Å². The minimum absolute atomic E-state index is 0.0288. The minimum Gasteiger partial charge on any atom is -0.478 e. The van der Waals surface area contributed by atoms with Crippen molar-refractivity contribution in [1.82, 2.24) is 0 Å². The zero-order chi connectivity index (χ0) is 11.4. The Balaban J connectivity index is 2.92. The van der Waals surface area contributed by atoms with E-state index in [9.17, 15) is 13.6 Å². The molecule has 0 spiro atoms. The molecule has 0 aliphatic heterocycles. The van der Waals surface area contributed by atoms with E-state index < -0.39 is 18.9 Å². The SMILES string of the molecule is O=C(O)c1ccc(Br)cc1NCC(F)F. The average Bonchev–Trinajstić information content (AvgIpc) is 2.14. The number of hydrogen-bond donors (Lipinski definition) is 2. The number of nitrogens with one attached hydrogen (secondary N) is 1. The fraction of sp³-hybridized carbons (Fsp3) is 0.222. The standard InChI is InChI=1S/C9H8BrF2NO2/c10-5-1-2-6(9(14)15)7(3-5)13-4-8(11)12/h1-3,8,13H,4H2,(H,14,15). The van der Waals surface area contributed by atoms with Crippen molar-refractivity contribution in [1.29, 1.82) is 0 Å². The van der Waals surface area contributed by atoms with E-state index in [4.69, 9.17) is 5.11 Å². The van der Waals surface area contributed by atoms with E-state index in [1.54, 1.807) is 0 Å². The number of hydrogen-bond acceptors (Lipinski definition) is 2. The summed E-state index contributed by atoms with van der Waals surface area (Å²) in [6, 6.07) is 4.34. The average molecular weight is 280 g/mol. The Hall–Kier alpha value is -1.17. The summed E-state index contributed by atoms with van der Waals surface area (Å²) in [5, 5.41) is 11.2. The molecule has 0 radical (unpaired) electrons. The maximum Gasteiger partial charge on any atom is 0.337 e. The molecule has 82 valence electrons. The van der Waals surface area contributed by atoms with Crippen molar-refractivity contribution in [3.8, 4) is 0 Å². The second-order valence-electron chi connectivity index (χ2n) is 2.77. The molecule has 0 aromatic heterocycles. The largest absolute Gasteiger partial charge is 0.478 e. The van der Waals surface area contributed by atoms with Crippen LogP contribution >= 0.6 is 15.9 Å². The highest BCUT2D eigenvalue weighted by atomic mass is 79.9. The van der Waals surface area contributed by atoms with E-state index >= 15 is 0 Å². The number of carbonyl (C=O) groups is 1. The van der Waals surface area contributed by atoms with Crippen LogP contribution in [0.2, 0.25) is 0 Å². The molecule has 2 N–H and O–H groups in total. The summed E-state index contributed by atoms with van der Waals surface area (Å²) < 4.78 is 24.5. The van der Waals surface area contributed by atoms with Crippen LogP contribution in [0.3, 0.4) is 0 Å². The molecule has 3 nitrogen and oxygen atoms in total. The van der Waals surface area contributed by atoms with Crippen molar-refractivity contribution < 1.29 is 18.7 Å². The summed E-state index contributed by atoms with van der Waals surface area (Å²) in [5.74, 6) is -1.15. The third kappa shape index (κ3) is 3.47. The van der Waals surface area contributed by atoms with Gasteiger partial charge in [-0.3, -0.25) is 0 Å². The second-order valence-corrected chi connectivity index (χ2v) is 3.68. The molecule has 0 aliphatic carbocycles. The summed E-state index contributed by atoms with van der Waals surface area (Å²) in [5.41, 5.74) is 0.149. The molecule has 0 amide bonds. The third-order valence-electron chi connectivity index (χ3n) is 1.66. The number of aromatic carboxylic acids is 1. The van der Waals surface area contributed by atoms with Crippen molar-refractivity contribution in [2.24, 2.45) is 0 Å². The predicted molar refractivity (Wildman–Crippen MR) is 55.6 cm³/mol. The molecule has 0 bridgehead atoms. The van der Waals surface area contributed by atoms with Gasteiger partial charge in [0.25, 0.3) is 6.43 Å². The maximum atomic E-state index is 11.9. The molecular weight excluding hydrogens is 272 g/mol. The van der Waals surface area contributed by atoms with E-state index in [0.717, 1.165) is 0 Å². The lowest BCUT2D eigenvalue weighted by molar-refractivity contribution is 0.0697. The number of alkyl halides is 2. The van der Waals surface area contributed by atoms with Gasteiger partial charge in [0.05, 0.1) is 17.8 Å². The van der Waals surface area contributed by atoms with Crippen molar-refractivity contribution in [3.63, 3.8) is 0 Å². The third-order valence-corrected chi connectivity index (χ3v) is 2.15. The molecular formula is C9H8BrF2NO2. The fourth-order valence-corrected chi connectivity index (χ4v) is 1.40. The Morgan fingerprint density at radius 1 is 1.53 bits per heavy atom. The number of halogens is 3. The molecule has 0 saturated heterocycles. The first-order chi connectivity index (χ1) is 7.00. The van der Waals surface area contributed by atoms with Gasteiger partial charge in [-0.15, -0.1) is 0 Å². The summed E-state index contributed by atoms with van der Waals surface area (Å²) in [7, 11) is 0. The monoisotopic (exact) mass is 279 g/mol. The molecule has 15 heavy (non-hydrogen) atoms. The molecule has 1 aromatic carbocycles. The number of anilines is 1. The highest BCUT2D eigenvalue weighted by molar-refractivity contribution is 9.10. The number of rotatable bonds is 4. The van der Waals surface area contributed by atoms with Crippen molar-refractivity contribution in [2.75, 3.05) is 11.9 Å². The molecule has 0 aliphatic rings. The van der Waals surface area contributed by atoms with Gasteiger partial charge in [-0.1, -0.05) is 15.9 Å². The van der Waals surface area contributed by atoms with Gasteiger partial charge in [0.2, 0.25) is 0 Å². The predicted octanol–water partition coefficient (Wildman–Crippen LogP) is 2.82. The Bertz CT molecular complexity index is 371. The molecule has 0 unspecified atom stereocenters. The molecule has 6 heteroatoms. The summed E-state index contributed by atoms with van der Waals surface area (Å²) >= 11 is 3.13. The smallest absolute Gasteiger partial charge is 0.337 e. The minimum atomic E-state index is -2.52. The molecule has 0 heterocycles. The molecule has 0 saturated carbocycles. The Labute approximate surface area is 93.2 Å². The van der Waals surface area contributed by atoms with Crippen LogP contribution in [0.25, 0.3) is 0 Å². The van der Waals surface area contributed by atoms with Crippen LogP contribution < -0.4 is 5.32 Å². The topological polar surface area (TPSA) is 49.3 Å². The van der Waals surface area contributed by atoms with Gasteiger partial charge in [-0.25, -0.2) is 13.6 Å². The van der Waals surface area contributed by atoms with Gasteiger partial charge in [-0.05, 0) is 18.2 Å². The van der Waals surface area contributed by atoms with Crippen LogP contribution in [0.15, 0.2) is 22.7 Å². The normalized spacial score (nSPS) is 10.4. The van der Waals surface area contributed by atoms with Gasteiger partial charge in [0.15, 0.2) is 0 Å². The molecule has 0 fully saturated rings. The van der Waals surface area contributed by atoms with Crippen LogP contribution in [-0.2, 0) is 0 Å². The highest BCUT2D eigenvalue weighted by Crippen LogP contribution is 2.21. The Morgan fingerprint density at radius 3 is 2.73 bits per heavy atom. The van der Waals surface area contributed by atoms with Crippen LogP contribution in [0.4, 0.5) is 14.5 Å². The van der Waals surface area contributed by atoms with Crippen molar-refractivity contribution in [3.05, 3.63) is 28.2 Å². The van der Waals surface area contributed by atoms with Gasteiger partial charge in [-0.2, -0.15) is 0 Å². The lowest BCUT2D eigenvalue weighted by Crippen LogP contribution is -2.13. The van der Waals surface area contributed by atoms with Crippen molar-refractivity contribution in [2.45, 2.75) is 6.43 Å². The van der Waals surface area contributed by atoms with Gasteiger partial charge in [0, 0.05) is 4.47 Å². The summed E-state index contributed by atoms with van der Waals surface area (Å²) in [6.07, 6.45) is -2.52. The first kappa shape index (κ1) is 11.9. The zero-order valence-corrected chi connectivity index (χ0v) is 9.09. The van der Waals surface area contributed by atoms with Gasteiger partial charge < -0.3 is 10.4 Å². The zero-order valence-electron chi connectivity index (χ0n) is 7.51. The van der Waals surface area contributed by atoms with E-state index in [-0.39, 0.29) is 11.3 Å². The van der Waals surface area contributed by atoms with E-state index in [1.165, 1.54) is 18.2 Å². The Kier molecular flexibility index (Phi) is 4.02. The number of benzene rings is 1. The van der Waals surface area contributed by atoms with Crippen LogP contribution in [0.1, 0.15) is 10.4 Å². The van der Waals surface area contributed by atoms with Crippen molar-refractivity contribution >= 4 is 27.6 Å². The summed E-state index contributed by atoms with van der Waals surface area (Å²) in [4.78, 5) is 10.7. The molecule has 1 aromatic rings. The van der Waals surface area contributed by atoms with Gasteiger partial charge in [0.1, 0.15) is 0 Å². The maximum absolute atomic E-state index is 11.9. The molecule has 1 rings (SSSR count). The second kappa shape index (κ2) is 5.06. The Morgan fingerprint density at radius 2 is 2.20 bits per heavy atom. The molecule has 0 atom stereocenters. The summed E-state index contributed by atoms with van der Waals surface area (Å²) in [6.45, 7) is -0.573. The fourth-order valence-electron chi connectivity index (χ4n) is 1.04. The first-order valence-electron chi connectivity index (χ1n) is 4.05. The van der Waals surface area contributed by atoms with Gasteiger partial charge >= 0.3 is 5.97 Å². The van der Waals surface area contributed by atoms with Crippen LogP contribution in [0, 0.1) is 0 Å². The quantitative estimate of drug-likeness (QED) is 0.891. The lowest BCUT2D eigenvalue weighted by atomic mass is 10.2. The van der Waals surface area contributed by atoms with E-state index in [1.807, 2.05) is 0 Å². The van der Waals surface area contributed by atoms with Crippen LogP contribution in [-0.4, -0.2) is 24.0 Å². The number of carboxylic acids is 1. The highest BCUT2D eigenvalue weighted by Gasteiger charge is 2.11. The van der Waals surface area contributed by atoms with E-state index in [2.05, 4.69) is 21.2 Å². The first-order valence-corrected chi connectivity index (χ1v) is 4.85. The van der Waals surface area contributed by atoms with E-state index in [0.29, 0.717) is 4.47 Å². The lowest BCUT2D eigenvalue weighted by Gasteiger charge is -2.09.